The summed E-state index contributed by atoms with van der Waals surface area (Å²) in [5.41, 5.74) is 1.48. The molecule has 0 aliphatic heterocycles. The zero-order chi connectivity index (χ0) is 19.9. The fraction of sp³-hybridized carbons (Fsp3) is 0.444. The number of hydrogen-bond donors (Lipinski definition) is 3. The van der Waals surface area contributed by atoms with Crippen molar-refractivity contribution in [3.05, 3.63) is 35.4 Å². The van der Waals surface area contributed by atoms with E-state index in [0.29, 0.717) is 5.56 Å². The molecule has 0 saturated heterocycles. The number of carbonyl (C=O) groups is 4. The average Bonchev–Trinajstić information content (AvgIpc) is 2.58. The second-order valence-corrected chi connectivity index (χ2v) is 6.71. The van der Waals surface area contributed by atoms with Crippen molar-refractivity contribution in [2.24, 2.45) is 0 Å². The van der Waals surface area contributed by atoms with Crippen molar-refractivity contribution in [1.82, 2.24) is 16.0 Å². The maximum Gasteiger partial charge on any atom is 0.326 e. The van der Waals surface area contributed by atoms with Crippen LogP contribution in [-0.4, -0.2) is 43.5 Å². The largest absolute Gasteiger partial charge is 0.451 e. The Morgan fingerprint density at radius 2 is 1.65 bits per heavy atom. The molecule has 0 saturated carbocycles. The number of benzene rings is 1. The molecule has 3 N–H and O–H groups in total. The van der Waals surface area contributed by atoms with Crippen molar-refractivity contribution >= 4 is 23.8 Å². The van der Waals surface area contributed by atoms with Crippen molar-refractivity contribution in [3.8, 4) is 0 Å². The number of nitrogens with one attached hydrogen (secondary N) is 3. The highest BCUT2D eigenvalue weighted by atomic mass is 16.5. The van der Waals surface area contributed by atoms with Gasteiger partial charge in [0.1, 0.15) is 6.54 Å². The molecule has 0 heterocycles. The Hall–Kier alpha value is -2.90. The molecule has 0 radical (unpaired) electrons. The van der Waals surface area contributed by atoms with Crippen LogP contribution < -0.4 is 16.0 Å². The van der Waals surface area contributed by atoms with Crippen LogP contribution in [0.3, 0.4) is 0 Å². The van der Waals surface area contributed by atoms with Crippen LogP contribution in [0.5, 0.6) is 0 Å². The van der Waals surface area contributed by atoms with Gasteiger partial charge in [0.15, 0.2) is 6.10 Å². The predicted octanol–water partition coefficient (Wildman–Crippen LogP) is 1.10. The lowest BCUT2D eigenvalue weighted by Crippen LogP contribution is -2.44. The van der Waals surface area contributed by atoms with Crippen molar-refractivity contribution in [3.63, 3.8) is 0 Å². The van der Waals surface area contributed by atoms with Crippen molar-refractivity contribution in [2.45, 2.75) is 39.2 Å². The van der Waals surface area contributed by atoms with Crippen LogP contribution in [0.15, 0.2) is 24.3 Å². The van der Waals surface area contributed by atoms with Gasteiger partial charge >= 0.3 is 12.0 Å². The first kappa shape index (κ1) is 21.1. The summed E-state index contributed by atoms with van der Waals surface area (Å²) in [6.07, 6.45) is -1.16. The van der Waals surface area contributed by atoms with Crippen LogP contribution in [-0.2, 0) is 19.7 Å². The van der Waals surface area contributed by atoms with E-state index in [4.69, 9.17) is 4.74 Å². The van der Waals surface area contributed by atoms with Gasteiger partial charge in [0, 0.05) is 12.6 Å². The minimum absolute atomic E-state index is 0.0236. The second-order valence-electron chi connectivity index (χ2n) is 6.71. The van der Waals surface area contributed by atoms with E-state index in [9.17, 15) is 19.2 Å². The van der Waals surface area contributed by atoms with Crippen LogP contribution in [0.2, 0.25) is 0 Å². The molecule has 1 aromatic carbocycles. The summed E-state index contributed by atoms with van der Waals surface area (Å²) >= 11 is 0. The Labute approximate surface area is 152 Å². The molecule has 26 heavy (non-hydrogen) atoms. The molecule has 0 bridgehead atoms. The van der Waals surface area contributed by atoms with Gasteiger partial charge in [-0.2, -0.15) is 0 Å². The summed E-state index contributed by atoms with van der Waals surface area (Å²) in [6, 6.07) is 6.38. The SMILES string of the molecule is CNC(=O)NC(=O)[C@H](C)OC(=O)CNC(=O)c1ccc(C(C)(C)C)cc1. The van der Waals surface area contributed by atoms with E-state index in [1.807, 2.05) is 17.4 Å². The Kier molecular flexibility index (Phi) is 7.30. The maximum absolute atomic E-state index is 12.1. The highest BCUT2D eigenvalue weighted by molar-refractivity contribution is 5.98. The van der Waals surface area contributed by atoms with Gasteiger partial charge in [0.2, 0.25) is 0 Å². The topological polar surface area (TPSA) is 114 Å². The van der Waals surface area contributed by atoms with Crippen LogP contribution in [0, 0.1) is 0 Å². The molecular weight excluding hydrogens is 338 g/mol. The van der Waals surface area contributed by atoms with Crippen molar-refractivity contribution in [1.29, 1.82) is 0 Å². The number of hydrogen-bond acceptors (Lipinski definition) is 5. The number of esters is 1. The van der Waals surface area contributed by atoms with E-state index < -0.39 is 36.5 Å². The zero-order valence-electron chi connectivity index (χ0n) is 15.6. The predicted molar refractivity (Wildman–Crippen MR) is 95.6 cm³/mol. The maximum atomic E-state index is 12.1. The number of imide groups is 1. The normalized spacial score (nSPS) is 11.9. The lowest BCUT2D eigenvalue weighted by molar-refractivity contribution is -0.153. The van der Waals surface area contributed by atoms with E-state index >= 15 is 0 Å². The number of amides is 4. The van der Waals surface area contributed by atoms with Crippen LogP contribution >= 0.6 is 0 Å². The van der Waals surface area contributed by atoms with E-state index in [1.165, 1.54) is 14.0 Å². The van der Waals surface area contributed by atoms with Gasteiger partial charge in [-0.05, 0) is 30.0 Å². The third-order valence-electron chi connectivity index (χ3n) is 3.55. The number of rotatable bonds is 5. The standard InChI is InChI=1S/C18H25N3O5/c1-11(15(23)21-17(25)19-5)26-14(22)10-20-16(24)12-6-8-13(9-7-12)18(2,3)4/h6-9,11H,10H2,1-5H3,(H,20,24)(H2,19,21,23,25)/t11-/m0/s1. The summed E-state index contributed by atoms with van der Waals surface area (Å²) in [5.74, 6) is -1.98. The van der Waals surface area contributed by atoms with Gasteiger partial charge < -0.3 is 15.4 Å². The van der Waals surface area contributed by atoms with E-state index in [1.54, 1.807) is 12.1 Å². The van der Waals surface area contributed by atoms with E-state index in [0.717, 1.165) is 5.56 Å². The molecule has 0 aliphatic carbocycles. The fourth-order valence-electron chi connectivity index (χ4n) is 1.94. The minimum atomic E-state index is -1.16. The van der Waals surface area contributed by atoms with Crippen molar-refractivity contribution in [2.75, 3.05) is 13.6 Å². The van der Waals surface area contributed by atoms with E-state index in [-0.39, 0.29) is 5.41 Å². The molecule has 0 spiro atoms. The third-order valence-corrected chi connectivity index (χ3v) is 3.55. The zero-order valence-corrected chi connectivity index (χ0v) is 15.6. The highest BCUT2D eigenvalue weighted by Crippen LogP contribution is 2.22. The summed E-state index contributed by atoms with van der Waals surface area (Å²) in [4.78, 5) is 46.4. The number of carbonyl (C=O) groups excluding carboxylic acids is 4. The molecule has 0 aliphatic rings. The lowest BCUT2D eigenvalue weighted by Gasteiger charge is -2.19. The van der Waals surface area contributed by atoms with Crippen LogP contribution in [0.4, 0.5) is 4.79 Å². The van der Waals surface area contributed by atoms with Gasteiger partial charge in [-0.1, -0.05) is 32.9 Å². The number of urea groups is 1. The quantitative estimate of drug-likeness (QED) is 0.678. The third kappa shape index (κ3) is 6.54. The Balaban J connectivity index is 2.50. The molecule has 0 unspecified atom stereocenters. The molecule has 8 heteroatoms. The highest BCUT2D eigenvalue weighted by Gasteiger charge is 2.20. The van der Waals surface area contributed by atoms with Gasteiger partial charge in [-0.15, -0.1) is 0 Å². The molecule has 142 valence electrons. The summed E-state index contributed by atoms with van der Waals surface area (Å²) in [5, 5.41) is 6.63. The molecule has 1 aromatic rings. The molecule has 0 aromatic heterocycles. The Bertz CT molecular complexity index is 677. The molecule has 1 atom stereocenters. The average molecular weight is 363 g/mol. The monoisotopic (exact) mass is 363 g/mol. The smallest absolute Gasteiger partial charge is 0.326 e. The van der Waals surface area contributed by atoms with Gasteiger partial charge in [0.25, 0.3) is 11.8 Å². The number of ether oxygens (including phenoxy) is 1. The molecular formula is C18H25N3O5. The first-order chi connectivity index (χ1) is 12.0. The van der Waals surface area contributed by atoms with Gasteiger partial charge in [0.05, 0.1) is 0 Å². The fourth-order valence-corrected chi connectivity index (χ4v) is 1.94. The van der Waals surface area contributed by atoms with Crippen LogP contribution in [0.1, 0.15) is 43.6 Å². The van der Waals surface area contributed by atoms with E-state index in [2.05, 4.69) is 31.4 Å². The molecule has 0 fully saturated rings. The van der Waals surface area contributed by atoms with Crippen molar-refractivity contribution < 1.29 is 23.9 Å². The summed E-state index contributed by atoms with van der Waals surface area (Å²) in [7, 11) is 1.35. The molecule has 8 nitrogen and oxygen atoms in total. The second kappa shape index (κ2) is 8.98. The summed E-state index contributed by atoms with van der Waals surface area (Å²) < 4.78 is 4.86. The van der Waals surface area contributed by atoms with Crippen LogP contribution in [0.25, 0.3) is 0 Å². The first-order valence-electron chi connectivity index (χ1n) is 8.15. The van der Waals surface area contributed by atoms with Gasteiger partial charge in [-0.25, -0.2) is 4.79 Å². The Morgan fingerprint density at radius 1 is 1.08 bits per heavy atom. The van der Waals surface area contributed by atoms with Gasteiger partial charge in [-0.3, -0.25) is 19.7 Å². The first-order valence-corrected chi connectivity index (χ1v) is 8.15. The molecule has 1 rings (SSSR count). The summed E-state index contributed by atoms with van der Waals surface area (Å²) in [6.45, 7) is 7.14. The minimum Gasteiger partial charge on any atom is -0.451 e. The Morgan fingerprint density at radius 3 is 2.15 bits per heavy atom. The molecule has 4 amide bonds. The lowest BCUT2D eigenvalue weighted by atomic mass is 9.87.